The molecule has 0 atom stereocenters. The summed E-state index contributed by atoms with van der Waals surface area (Å²) >= 11 is 0. The lowest BCUT2D eigenvalue weighted by Crippen LogP contribution is -2.15. The summed E-state index contributed by atoms with van der Waals surface area (Å²) in [7, 11) is 7.14. The summed E-state index contributed by atoms with van der Waals surface area (Å²) in [6, 6.07) is 9.74. The molecule has 0 spiro atoms. The topological polar surface area (TPSA) is 80.3 Å². The van der Waals surface area contributed by atoms with Crippen molar-refractivity contribution >= 4 is 17.8 Å². The van der Waals surface area contributed by atoms with Crippen LogP contribution >= 0.6 is 0 Å². The maximum Gasteiger partial charge on any atom is 0.341 e. The molecule has 0 amide bonds. The average molecular weight is 386 g/mol. The lowest BCUT2D eigenvalue weighted by Gasteiger charge is -2.14. The van der Waals surface area contributed by atoms with Crippen LogP contribution in [0.4, 0.5) is 0 Å². The van der Waals surface area contributed by atoms with E-state index >= 15 is 0 Å². The summed E-state index contributed by atoms with van der Waals surface area (Å²) in [6.07, 6.45) is 1.38. The Labute approximate surface area is 163 Å². The first-order chi connectivity index (χ1) is 13.5. The lowest BCUT2D eigenvalue weighted by molar-refractivity contribution is -0.135. The SMILES string of the molecule is COC(=O)/C(=C\c1c(OC)cc(OC)cc1OC)C(=O)c1cccc(OC)c1. The van der Waals surface area contributed by atoms with Gasteiger partial charge in [-0.2, -0.15) is 0 Å². The maximum absolute atomic E-state index is 13.0. The summed E-state index contributed by atoms with van der Waals surface area (Å²) in [4.78, 5) is 25.4. The zero-order valence-corrected chi connectivity index (χ0v) is 16.4. The van der Waals surface area contributed by atoms with Gasteiger partial charge in [-0.3, -0.25) is 4.79 Å². The van der Waals surface area contributed by atoms with Gasteiger partial charge in [0.25, 0.3) is 0 Å². The number of Topliss-reactive ketones (excluding diaryl/α,β-unsaturated/α-hetero) is 1. The number of carbonyl (C=O) groups is 2. The molecule has 0 aliphatic carbocycles. The van der Waals surface area contributed by atoms with E-state index < -0.39 is 11.8 Å². The van der Waals surface area contributed by atoms with E-state index in [-0.39, 0.29) is 11.1 Å². The Balaban J connectivity index is 2.64. The number of hydrogen-bond acceptors (Lipinski definition) is 7. The summed E-state index contributed by atoms with van der Waals surface area (Å²) in [5, 5.41) is 0. The van der Waals surface area contributed by atoms with Crippen molar-refractivity contribution in [2.45, 2.75) is 0 Å². The molecule has 0 radical (unpaired) electrons. The van der Waals surface area contributed by atoms with Gasteiger partial charge in [-0.1, -0.05) is 12.1 Å². The van der Waals surface area contributed by atoms with E-state index in [0.717, 1.165) is 0 Å². The molecule has 0 aromatic heterocycles. The number of carbonyl (C=O) groups excluding carboxylic acids is 2. The standard InChI is InChI=1S/C21H22O7/c1-24-14-8-6-7-13(9-14)20(22)17(21(23)28-5)12-16-18(26-3)10-15(25-2)11-19(16)27-4/h6-12H,1-5H3/b17-12-. The van der Waals surface area contributed by atoms with Gasteiger partial charge in [0.2, 0.25) is 0 Å². The van der Waals surface area contributed by atoms with E-state index in [2.05, 4.69) is 0 Å². The van der Waals surface area contributed by atoms with E-state index in [4.69, 9.17) is 23.7 Å². The Morgan fingerprint density at radius 3 is 1.89 bits per heavy atom. The second kappa shape index (κ2) is 9.45. The zero-order valence-electron chi connectivity index (χ0n) is 16.4. The third-order valence-electron chi connectivity index (χ3n) is 4.02. The van der Waals surface area contributed by atoms with Crippen molar-refractivity contribution < 1.29 is 33.3 Å². The van der Waals surface area contributed by atoms with Crippen LogP contribution in [0.1, 0.15) is 15.9 Å². The number of hydrogen-bond donors (Lipinski definition) is 0. The lowest BCUT2D eigenvalue weighted by atomic mass is 9.99. The summed E-state index contributed by atoms with van der Waals surface area (Å²) in [5.41, 5.74) is 0.502. The van der Waals surface area contributed by atoms with Gasteiger partial charge in [0.05, 0.1) is 41.1 Å². The second-order valence-corrected chi connectivity index (χ2v) is 5.56. The van der Waals surface area contributed by atoms with E-state index in [1.165, 1.54) is 41.6 Å². The van der Waals surface area contributed by atoms with Crippen LogP contribution in [0, 0.1) is 0 Å². The van der Waals surface area contributed by atoms with Gasteiger partial charge in [0.1, 0.15) is 28.6 Å². The molecule has 148 valence electrons. The van der Waals surface area contributed by atoms with Gasteiger partial charge in [0.15, 0.2) is 5.78 Å². The van der Waals surface area contributed by atoms with Gasteiger partial charge in [0, 0.05) is 17.7 Å². The molecule has 0 aliphatic heterocycles. The summed E-state index contributed by atoms with van der Waals surface area (Å²) in [6.45, 7) is 0. The van der Waals surface area contributed by atoms with Crippen molar-refractivity contribution in [3.05, 3.63) is 53.1 Å². The van der Waals surface area contributed by atoms with Crippen LogP contribution in [0.25, 0.3) is 6.08 Å². The fraction of sp³-hybridized carbons (Fsp3) is 0.238. The number of ether oxygens (including phenoxy) is 5. The highest BCUT2D eigenvalue weighted by molar-refractivity contribution is 6.27. The summed E-state index contributed by atoms with van der Waals surface area (Å²) in [5.74, 6) is 0.435. The minimum absolute atomic E-state index is 0.183. The molecule has 7 heteroatoms. The molecule has 0 saturated carbocycles. The molecule has 0 saturated heterocycles. The Morgan fingerprint density at radius 1 is 0.786 bits per heavy atom. The predicted molar refractivity (Wildman–Crippen MR) is 103 cm³/mol. The van der Waals surface area contributed by atoms with Crippen LogP contribution in [-0.2, 0) is 9.53 Å². The fourth-order valence-corrected chi connectivity index (χ4v) is 2.57. The number of benzene rings is 2. The fourth-order valence-electron chi connectivity index (χ4n) is 2.57. The summed E-state index contributed by atoms with van der Waals surface area (Å²) < 4.78 is 25.9. The van der Waals surface area contributed by atoms with Crippen LogP contribution in [0.5, 0.6) is 23.0 Å². The molecule has 0 bridgehead atoms. The van der Waals surface area contributed by atoms with Gasteiger partial charge in [-0.25, -0.2) is 4.79 Å². The Hall–Kier alpha value is -3.48. The van der Waals surface area contributed by atoms with Gasteiger partial charge < -0.3 is 23.7 Å². The van der Waals surface area contributed by atoms with Crippen LogP contribution in [0.3, 0.4) is 0 Å². The molecular weight excluding hydrogens is 364 g/mol. The molecule has 0 heterocycles. The van der Waals surface area contributed by atoms with Crippen LogP contribution < -0.4 is 18.9 Å². The van der Waals surface area contributed by atoms with Crippen molar-refractivity contribution in [3.8, 4) is 23.0 Å². The minimum Gasteiger partial charge on any atom is -0.497 e. The third kappa shape index (κ3) is 4.43. The van der Waals surface area contributed by atoms with Crippen molar-refractivity contribution in [2.75, 3.05) is 35.5 Å². The number of rotatable bonds is 8. The first-order valence-corrected chi connectivity index (χ1v) is 8.27. The average Bonchev–Trinajstić information content (AvgIpc) is 2.75. The van der Waals surface area contributed by atoms with Gasteiger partial charge in [-0.15, -0.1) is 0 Å². The van der Waals surface area contributed by atoms with E-state index in [0.29, 0.717) is 28.6 Å². The molecule has 0 fully saturated rings. The highest BCUT2D eigenvalue weighted by atomic mass is 16.5. The molecule has 2 rings (SSSR count). The largest absolute Gasteiger partial charge is 0.497 e. The molecule has 7 nitrogen and oxygen atoms in total. The van der Waals surface area contributed by atoms with Crippen molar-refractivity contribution in [3.63, 3.8) is 0 Å². The third-order valence-corrected chi connectivity index (χ3v) is 4.02. The van der Waals surface area contributed by atoms with Crippen LogP contribution in [-0.4, -0.2) is 47.3 Å². The first-order valence-electron chi connectivity index (χ1n) is 8.27. The molecule has 2 aromatic rings. The minimum atomic E-state index is -0.784. The highest BCUT2D eigenvalue weighted by Gasteiger charge is 2.23. The normalized spacial score (nSPS) is 10.8. The van der Waals surface area contributed by atoms with Gasteiger partial charge >= 0.3 is 5.97 Å². The van der Waals surface area contributed by atoms with Crippen LogP contribution in [0.15, 0.2) is 42.0 Å². The van der Waals surface area contributed by atoms with Gasteiger partial charge in [-0.05, 0) is 18.2 Å². The molecular formula is C21H22O7. The molecule has 0 unspecified atom stereocenters. The molecule has 0 aliphatic rings. The number of methoxy groups -OCH3 is 5. The maximum atomic E-state index is 13.0. The number of esters is 1. The first kappa shape index (κ1) is 20.8. The predicted octanol–water partition coefficient (Wildman–Crippen LogP) is 3.16. The smallest absolute Gasteiger partial charge is 0.341 e. The van der Waals surface area contributed by atoms with Crippen molar-refractivity contribution in [2.24, 2.45) is 0 Å². The Kier molecular flexibility index (Phi) is 7.03. The van der Waals surface area contributed by atoms with E-state index in [9.17, 15) is 9.59 Å². The molecule has 28 heavy (non-hydrogen) atoms. The zero-order chi connectivity index (χ0) is 20.7. The van der Waals surface area contributed by atoms with E-state index in [1.807, 2.05) is 0 Å². The monoisotopic (exact) mass is 386 g/mol. The van der Waals surface area contributed by atoms with Crippen molar-refractivity contribution in [1.82, 2.24) is 0 Å². The highest BCUT2D eigenvalue weighted by Crippen LogP contribution is 2.36. The number of ketones is 1. The Morgan fingerprint density at radius 2 is 1.39 bits per heavy atom. The van der Waals surface area contributed by atoms with Crippen molar-refractivity contribution in [1.29, 1.82) is 0 Å². The second-order valence-electron chi connectivity index (χ2n) is 5.56. The van der Waals surface area contributed by atoms with Crippen LogP contribution in [0.2, 0.25) is 0 Å². The molecule has 0 N–H and O–H groups in total. The molecule has 2 aromatic carbocycles. The van der Waals surface area contributed by atoms with E-state index in [1.54, 1.807) is 36.4 Å². The quantitative estimate of drug-likeness (QED) is 0.227. The Bertz CT molecular complexity index is 874.